The smallest absolute Gasteiger partial charge is 0.286 e. The van der Waals surface area contributed by atoms with E-state index in [2.05, 4.69) is 37.4 Å². The van der Waals surface area contributed by atoms with Crippen molar-refractivity contribution in [2.75, 3.05) is 5.32 Å². The Morgan fingerprint density at radius 3 is 2.18 bits per heavy atom. The minimum atomic E-state index is -4.03. The number of aliphatic hydroxyl groups excluding tert-OH is 1. The van der Waals surface area contributed by atoms with Crippen molar-refractivity contribution in [3.05, 3.63) is 65.2 Å². The highest BCUT2D eigenvalue weighted by Crippen LogP contribution is 2.47. The van der Waals surface area contributed by atoms with Gasteiger partial charge in [-0.3, -0.25) is 4.79 Å². The zero-order valence-electron chi connectivity index (χ0n) is 20.1. The molecule has 0 amide bonds. The fraction of sp³-hybridized carbons (Fsp3) is 0.407. The van der Waals surface area contributed by atoms with Gasteiger partial charge in [0.15, 0.2) is 11.6 Å². The van der Waals surface area contributed by atoms with E-state index in [9.17, 15) is 18.3 Å². The highest BCUT2D eigenvalue weighted by atomic mass is 32.2. The minimum absolute atomic E-state index is 0.0494. The van der Waals surface area contributed by atoms with Crippen LogP contribution in [0.1, 0.15) is 64.5 Å². The maximum atomic E-state index is 14.3. The number of nitrogens with one attached hydrogen (secondary N) is 1. The SMILES string of the molecule is CC(C)CCC1(CCC(C)C)C(=O)C(C2=NS(=O)(=O)c3ccccc3N2)=C(O)c2ccccc21. The number of fused-ring (bicyclic) bond motifs is 2. The van der Waals surface area contributed by atoms with Crippen LogP contribution in [0.25, 0.3) is 5.76 Å². The van der Waals surface area contributed by atoms with E-state index in [1.807, 2.05) is 18.2 Å². The predicted molar refractivity (Wildman–Crippen MR) is 136 cm³/mol. The predicted octanol–water partition coefficient (Wildman–Crippen LogP) is 5.86. The second-order valence-electron chi connectivity index (χ2n) is 10.1. The van der Waals surface area contributed by atoms with Gasteiger partial charge in [0.1, 0.15) is 16.2 Å². The van der Waals surface area contributed by atoms with Crippen molar-refractivity contribution in [2.45, 2.75) is 63.7 Å². The molecule has 2 aromatic rings. The van der Waals surface area contributed by atoms with Crippen LogP contribution in [0.4, 0.5) is 5.69 Å². The van der Waals surface area contributed by atoms with Gasteiger partial charge in [-0.15, -0.1) is 4.40 Å². The Kier molecular flexibility index (Phi) is 6.42. The van der Waals surface area contributed by atoms with Crippen molar-refractivity contribution in [1.82, 2.24) is 0 Å². The molecule has 34 heavy (non-hydrogen) atoms. The molecular weight excluding hydrogens is 448 g/mol. The first-order valence-corrected chi connectivity index (χ1v) is 13.3. The molecule has 180 valence electrons. The number of benzene rings is 2. The number of hydrogen-bond donors (Lipinski definition) is 2. The Hall–Kier alpha value is -2.93. The van der Waals surface area contributed by atoms with Crippen molar-refractivity contribution in [3.63, 3.8) is 0 Å². The minimum Gasteiger partial charge on any atom is -0.506 e. The van der Waals surface area contributed by atoms with E-state index < -0.39 is 15.4 Å². The van der Waals surface area contributed by atoms with Crippen LogP contribution in [0.5, 0.6) is 0 Å². The quantitative estimate of drug-likeness (QED) is 0.517. The first kappa shape index (κ1) is 24.2. The molecule has 0 radical (unpaired) electrons. The van der Waals surface area contributed by atoms with E-state index in [1.165, 1.54) is 6.07 Å². The molecule has 1 aliphatic heterocycles. The number of carbonyl (C=O) groups is 1. The van der Waals surface area contributed by atoms with Crippen molar-refractivity contribution in [1.29, 1.82) is 0 Å². The van der Waals surface area contributed by atoms with Gasteiger partial charge in [-0.2, -0.15) is 8.42 Å². The molecule has 2 aromatic carbocycles. The first-order chi connectivity index (χ1) is 16.1. The van der Waals surface area contributed by atoms with Gasteiger partial charge in [0.25, 0.3) is 10.0 Å². The van der Waals surface area contributed by atoms with Gasteiger partial charge in [0.05, 0.1) is 11.1 Å². The van der Waals surface area contributed by atoms with Gasteiger partial charge < -0.3 is 10.4 Å². The third-order valence-corrected chi connectivity index (χ3v) is 8.09. The molecule has 0 unspecified atom stereocenters. The topological polar surface area (TPSA) is 95.8 Å². The Morgan fingerprint density at radius 2 is 1.53 bits per heavy atom. The summed E-state index contributed by atoms with van der Waals surface area (Å²) in [5.74, 6) is 0.152. The normalized spacial score (nSPS) is 18.4. The van der Waals surface area contributed by atoms with E-state index in [-0.39, 0.29) is 27.8 Å². The second kappa shape index (κ2) is 9.02. The highest BCUT2D eigenvalue weighted by molar-refractivity contribution is 7.90. The third kappa shape index (κ3) is 4.17. The number of Topliss-reactive ketones (excluding diaryl/α,β-unsaturated/α-hetero) is 1. The molecule has 0 fully saturated rings. The molecule has 0 bridgehead atoms. The zero-order chi connectivity index (χ0) is 24.7. The highest BCUT2D eigenvalue weighted by Gasteiger charge is 2.49. The van der Waals surface area contributed by atoms with Crippen molar-refractivity contribution >= 4 is 33.1 Å². The molecule has 1 heterocycles. The third-order valence-electron chi connectivity index (χ3n) is 6.76. The molecule has 4 rings (SSSR count). The number of hydrogen-bond acceptors (Lipinski definition) is 5. The summed E-state index contributed by atoms with van der Waals surface area (Å²) in [6.07, 6.45) is 2.88. The molecule has 0 atom stereocenters. The van der Waals surface area contributed by atoms with Crippen molar-refractivity contribution in [2.24, 2.45) is 16.2 Å². The Balaban J connectivity index is 1.92. The van der Waals surface area contributed by atoms with Gasteiger partial charge in [-0.1, -0.05) is 64.1 Å². The monoisotopic (exact) mass is 480 g/mol. The Bertz CT molecular complexity index is 1280. The lowest BCUT2D eigenvalue weighted by Gasteiger charge is -2.40. The number of nitrogens with zero attached hydrogens (tertiary/aromatic N) is 1. The summed E-state index contributed by atoms with van der Waals surface area (Å²) in [6.45, 7) is 8.50. The van der Waals surface area contributed by atoms with Crippen LogP contribution in [0.3, 0.4) is 0 Å². The molecule has 7 heteroatoms. The molecular formula is C27H32N2O4S. The van der Waals surface area contributed by atoms with Crippen LogP contribution in [-0.4, -0.2) is 25.1 Å². The lowest BCUT2D eigenvalue weighted by atomic mass is 9.62. The molecule has 0 saturated heterocycles. The average molecular weight is 481 g/mol. The van der Waals surface area contributed by atoms with Crippen LogP contribution in [0, 0.1) is 11.8 Å². The summed E-state index contributed by atoms with van der Waals surface area (Å²) < 4.78 is 29.8. The van der Waals surface area contributed by atoms with Crippen LogP contribution in [0.15, 0.2) is 63.4 Å². The van der Waals surface area contributed by atoms with Gasteiger partial charge in [-0.05, 0) is 55.2 Å². The fourth-order valence-corrected chi connectivity index (χ4v) is 5.97. The summed E-state index contributed by atoms with van der Waals surface area (Å²) in [7, 11) is -4.03. The number of aliphatic hydroxyl groups is 1. The number of carbonyl (C=O) groups excluding carboxylic acids is 1. The lowest BCUT2D eigenvalue weighted by Crippen LogP contribution is -2.44. The summed E-state index contributed by atoms with van der Waals surface area (Å²) in [5, 5.41) is 14.3. The zero-order valence-corrected chi connectivity index (χ0v) is 20.9. The van der Waals surface area contributed by atoms with Crippen LogP contribution in [0.2, 0.25) is 0 Å². The lowest BCUT2D eigenvalue weighted by molar-refractivity contribution is -0.121. The number of ketones is 1. The van der Waals surface area contributed by atoms with Gasteiger partial charge >= 0.3 is 0 Å². The standard InChI is InChI=1S/C27H32N2O4S/c1-17(2)13-15-27(16-14-18(3)4)20-10-6-5-9-19(20)24(30)23(25(27)31)26-28-21-11-7-8-12-22(21)34(32,33)29-26/h5-12,17-18,30H,13-16H2,1-4H3,(H,28,29). The van der Waals surface area contributed by atoms with Crippen LogP contribution >= 0.6 is 0 Å². The summed E-state index contributed by atoms with van der Waals surface area (Å²) >= 11 is 0. The summed E-state index contributed by atoms with van der Waals surface area (Å²) in [4.78, 5) is 14.4. The number of sulfonamides is 1. The molecule has 0 spiro atoms. The van der Waals surface area contributed by atoms with E-state index >= 15 is 0 Å². The van der Waals surface area contributed by atoms with Crippen LogP contribution in [-0.2, 0) is 20.2 Å². The number of amidine groups is 1. The summed E-state index contributed by atoms with van der Waals surface area (Å²) in [6, 6.07) is 13.9. The van der Waals surface area contributed by atoms with E-state index in [0.717, 1.165) is 18.4 Å². The van der Waals surface area contributed by atoms with E-state index in [1.54, 1.807) is 24.3 Å². The number of rotatable bonds is 7. The Morgan fingerprint density at radius 1 is 0.941 bits per heavy atom. The van der Waals surface area contributed by atoms with Gasteiger partial charge in [-0.25, -0.2) is 0 Å². The summed E-state index contributed by atoms with van der Waals surface area (Å²) in [5.41, 5.74) is 0.795. The average Bonchev–Trinajstić information content (AvgIpc) is 2.78. The molecule has 0 saturated carbocycles. The molecule has 1 aliphatic carbocycles. The van der Waals surface area contributed by atoms with Gasteiger partial charge in [0, 0.05) is 5.56 Å². The van der Waals surface area contributed by atoms with Crippen molar-refractivity contribution in [3.8, 4) is 0 Å². The molecule has 6 nitrogen and oxygen atoms in total. The Labute approximate surface area is 201 Å². The molecule has 0 aromatic heterocycles. The number of anilines is 1. The van der Waals surface area contributed by atoms with E-state index in [4.69, 9.17) is 0 Å². The number of para-hydroxylation sites is 1. The molecule has 2 aliphatic rings. The van der Waals surface area contributed by atoms with Crippen molar-refractivity contribution < 1.29 is 18.3 Å². The van der Waals surface area contributed by atoms with Gasteiger partial charge in [0.2, 0.25) is 0 Å². The maximum absolute atomic E-state index is 14.3. The largest absolute Gasteiger partial charge is 0.506 e. The van der Waals surface area contributed by atoms with E-state index in [0.29, 0.717) is 35.9 Å². The second-order valence-corrected chi connectivity index (χ2v) is 11.7. The fourth-order valence-electron chi connectivity index (χ4n) is 4.84. The molecule has 2 N–H and O–H groups in total. The first-order valence-electron chi connectivity index (χ1n) is 11.9. The van der Waals surface area contributed by atoms with Crippen LogP contribution < -0.4 is 5.32 Å². The maximum Gasteiger partial charge on any atom is 0.286 e.